The van der Waals surface area contributed by atoms with Crippen LogP contribution >= 0.6 is 0 Å². The number of aryl methyl sites for hydroxylation is 1. The lowest BCUT2D eigenvalue weighted by Gasteiger charge is -2.23. The van der Waals surface area contributed by atoms with Crippen molar-refractivity contribution in [2.45, 2.75) is 32.0 Å². The van der Waals surface area contributed by atoms with E-state index in [0.29, 0.717) is 6.04 Å². The summed E-state index contributed by atoms with van der Waals surface area (Å²) in [5, 5.41) is 4.26. The van der Waals surface area contributed by atoms with E-state index in [1.54, 1.807) is 0 Å². The maximum Gasteiger partial charge on any atom is 0.0762 e. The van der Waals surface area contributed by atoms with Crippen LogP contribution in [0.25, 0.3) is 0 Å². The molecule has 0 aromatic carbocycles. The SMILES string of the molecule is CN(C)Cc1cncc(C2CCCN2Cc2cnn(C)c2)n1. The Labute approximate surface area is 131 Å². The molecule has 2 aromatic heterocycles. The Hall–Kier alpha value is -1.79. The molecule has 0 N–H and O–H groups in total. The largest absolute Gasteiger partial charge is 0.304 e. The van der Waals surface area contributed by atoms with E-state index in [1.807, 2.05) is 30.3 Å². The second-order valence-corrected chi connectivity index (χ2v) is 6.32. The van der Waals surface area contributed by atoms with Crippen LogP contribution in [0.2, 0.25) is 0 Å². The number of hydrogen-bond donors (Lipinski definition) is 0. The van der Waals surface area contributed by atoms with Crippen LogP contribution in [0.5, 0.6) is 0 Å². The fraction of sp³-hybridized carbons (Fsp3) is 0.562. The van der Waals surface area contributed by atoms with Crippen LogP contribution in [-0.2, 0) is 20.1 Å². The molecule has 1 aliphatic rings. The molecular weight excluding hydrogens is 276 g/mol. The molecule has 1 fully saturated rings. The minimum Gasteiger partial charge on any atom is -0.304 e. The van der Waals surface area contributed by atoms with Crippen molar-refractivity contribution in [3.8, 4) is 0 Å². The number of rotatable bonds is 5. The van der Waals surface area contributed by atoms with E-state index < -0.39 is 0 Å². The van der Waals surface area contributed by atoms with Gasteiger partial charge >= 0.3 is 0 Å². The Balaban J connectivity index is 1.75. The van der Waals surface area contributed by atoms with Gasteiger partial charge in [-0.1, -0.05) is 0 Å². The van der Waals surface area contributed by atoms with Crippen molar-refractivity contribution in [2.75, 3.05) is 20.6 Å². The summed E-state index contributed by atoms with van der Waals surface area (Å²) in [5.74, 6) is 0. The van der Waals surface area contributed by atoms with Crippen molar-refractivity contribution in [1.82, 2.24) is 29.5 Å². The standard InChI is InChI=1S/C16H24N6/c1-20(2)12-14-8-17-9-15(19-14)16-5-4-6-22(16)11-13-7-18-21(3)10-13/h7-10,16H,4-6,11-12H2,1-3H3. The van der Waals surface area contributed by atoms with Crippen molar-refractivity contribution >= 4 is 0 Å². The average Bonchev–Trinajstić information content (AvgIpc) is 3.08. The third-order valence-electron chi connectivity index (χ3n) is 4.03. The van der Waals surface area contributed by atoms with Crippen molar-refractivity contribution in [2.24, 2.45) is 7.05 Å². The van der Waals surface area contributed by atoms with Gasteiger partial charge in [-0.3, -0.25) is 19.5 Å². The van der Waals surface area contributed by atoms with Crippen molar-refractivity contribution in [3.05, 3.63) is 41.7 Å². The van der Waals surface area contributed by atoms with Crippen LogP contribution < -0.4 is 0 Å². The van der Waals surface area contributed by atoms with Crippen molar-refractivity contribution in [1.29, 1.82) is 0 Å². The van der Waals surface area contributed by atoms with Gasteiger partial charge in [-0.2, -0.15) is 5.10 Å². The molecule has 0 aliphatic carbocycles. The Morgan fingerprint density at radius 1 is 1.27 bits per heavy atom. The highest BCUT2D eigenvalue weighted by Gasteiger charge is 2.27. The lowest BCUT2D eigenvalue weighted by Crippen LogP contribution is -2.24. The summed E-state index contributed by atoms with van der Waals surface area (Å²) in [7, 11) is 6.07. The fourth-order valence-corrected chi connectivity index (χ4v) is 3.12. The highest BCUT2D eigenvalue weighted by atomic mass is 15.3. The second-order valence-electron chi connectivity index (χ2n) is 6.32. The summed E-state index contributed by atoms with van der Waals surface area (Å²) in [6.07, 6.45) is 10.2. The molecule has 6 heteroatoms. The van der Waals surface area contributed by atoms with Crippen LogP contribution in [0.15, 0.2) is 24.8 Å². The quantitative estimate of drug-likeness (QED) is 0.839. The topological polar surface area (TPSA) is 50.1 Å². The van der Waals surface area contributed by atoms with Gasteiger partial charge in [0.1, 0.15) is 0 Å². The lowest BCUT2D eigenvalue weighted by molar-refractivity contribution is 0.243. The predicted octanol–water partition coefficient (Wildman–Crippen LogP) is 1.61. The van der Waals surface area contributed by atoms with E-state index in [0.717, 1.165) is 37.4 Å². The smallest absolute Gasteiger partial charge is 0.0762 e. The first kappa shape index (κ1) is 15.1. The van der Waals surface area contributed by atoms with Gasteiger partial charge in [-0.05, 0) is 33.5 Å². The van der Waals surface area contributed by atoms with E-state index in [4.69, 9.17) is 4.98 Å². The second kappa shape index (κ2) is 6.54. The van der Waals surface area contributed by atoms with Gasteiger partial charge in [0.2, 0.25) is 0 Å². The van der Waals surface area contributed by atoms with Gasteiger partial charge in [-0.25, -0.2) is 0 Å². The molecule has 3 rings (SSSR count). The van der Waals surface area contributed by atoms with E-state index in [9.17, 15) is 0 Å². The molecule has 1 aliphatic heterocycles. The third-order valence-corrected chi connectivity index (χ3v) is 4.03. The minimum atomic E-state index is 0.370. The minimum absolute atomic E-state index is 0.370. The first-order valence-electron chi connectivity index (χ1n) is 7.79. The van der Waals surface area contributed by atoms with Gasteiger partial charge in [0.15, 0.2) is 0 Å². The molecule has 0 amide bonds. The molecule has 1 unspecified atom stereocenters. The maximum absolute atomic E-state index is 4.83. The summed E-state index contributed by atoms with van der Waals surface area (Å²) in [6.45, 7) is 2.87. The fourth-order valence-electron chi connectivity index (χ4n) is 3.12. The molecule has 22 heavy (non-hydrogen) atoms. The first-order valence-corrected chi connectivity index (χ1v) is 7.79. The first-order chi connectivity index (χ1) is 10.6. The molecule has 3 heterocycles. The van der Waals surface area contributed by atoms with Gasteiger partial charge in [0.05, 0.1) is 23.6 Å². The van der Waals surface area contributed by atoms with Crippen LogP contribution in [0.1, 0.15) is 35.8 Å². The summed E-state index contributed by atoms with van der Waals surface area (Å²) in [6, 6.07) is 0.370. The molecule has 0 radical (unpaired) electrons. The normalized spacial score (nSPS) is 19.2. The zero-order chi connectivity index (χ0) is 15.5. The van der Waals surface area contributed by atoms with Crippen LogP contribution in [0, 0.1) is 0 Å². The maximum atomic E-state index is 4.83. The van der Waals surface area contributed by atoms with Crippen molar-refractivity contribution in [3.63, 3.8) is 0 Å². The van der Waals surface area contributed by atoms with Gasteiger partial charge in [0, 0.05) is 44.3 Å². The molecule has 1 saturated heterocycles. The van der Waals surface area contributed by atoms with Crippen LogP contribution in [0.4, 0.5) is 0 Å². The number of nitrogens with zero attached hydrogens (tertiary/aromatic N) is 6. The number of aromatic nitrogens is 4. The third kappa shape index (κ3) is 3.51. The predicted molar refractivity (Wildman–Crippen MR) is 85.0 cm³/mol. The molecule has 1 atom stereocenters. The summed E-state index contributed by atoms with van der Waals surface area (Å²) < 4.78 is 1.86. The molecule has 118 valence electrons. The van der Waals surface area contributed by atoms with Crippen molar-refractivity contribution < 1.29 is 0 Å². The number of hydrogen-bond acceptors (Lipinski definition) is 5. The zero-order valence-electron chi connectivity index (χ0n) is 13.6. The Morgan fingerprint density at radius 2 is 2.14 bits per heavy atom. The Bertz CT molecular complexity index is 621. The Kier molecular flexibility index (Phi) is 4.49. The van der Waals surface area contributed by atoms with E-state index >= 15 is 0 Å². The van der Waals surface area contributed by atoms with Gasteiger partial charge < -0.3 is 4.90 Å². The molecule has 0 spiro atoms. The van der Waals surface area contributed by atoms with E-state index in [-0.39, 0.29) is 0 Å². The average molecular weight is 300 g/mol. The molecule has 2 aromatic rings. The summed E-state index contributed by atoms with van der Waals surface area (Å²) in [4.78, 5) is 13.8. The molecule has 0 bridgehead atoms. The van der Waals surface area contributed by atoms with Gasteiger partial charge in [0.25, 0.3) is 0 Å². The monoisotopic (exact) mass is 300 g/mol. The van der Waals surface area contributed by atoms with E-state index in [2.05, 4.69) is 40.2 Å². The van der Waals surface area contributed by atoms with Crippen LogP contribution in [0.3, 0.4) is 0 Å². The summed E-state index contributed by atoms with van der Waals surface area (Å²) >= 11 is 0. The van der Waals surface area contributed by atoms with Crippen LogP contribution in [-0.4, -0.2) is 50.2 Å². The molecular formula is C16H24N6. The number of likely N-dealkylation sites (tertiary alicyclic amines) is 1. The highest BCUT2D eigenvalue weighted by molar-refractivity contribution is 5.11. The molecule has 0 saturated carbocycles. The van der Waals surface area contributed by atoms with Gasteiger partial charge in [-0.15, -0.1) is 0 Å². The lowest BCUT2D eigenvalue weighted by atomic mass is 10.1. The summed E-state index contributed by atoms with van der Waals surface area (Å²) in [5.41, 5.74) is 3.39. The zero-order valence-corrected chi connectivity index (χ0v) is 13.6. The van der Waals surface area contributed by atoms with E-state index in [1.165, 1.54) is 12.0 Å². The molecule has 6 nitrogen and oxygen atoms in total. The highest BCUT2D eigenvalue weighted by Crippen LogP contribution is 2.31. The Morgan fingerprint density at radius 3 is 2.86 bits per heavy atom.